The predicted octanol–water partition coefficient (Wildman–Crippen LogP) is 2.14. The molecule has 48 heavy (non-hydrogen) atoms. The number of ether oxygens (including phenoxy) is 1. The van der Waals surface area contributed by atoms with Crippen LogP contribution in [0.2, 0.25) is 0 Å². The minimum absolute atomic E-state index is 0.0902. The summed E-state index contributed by atoms with van der Waals surface area (Å²) >= 11 is 3.50. The Kier molecular flexibility index (Phi) is 15.4. The summed E-state index contributed by atoms with van der Waals surface area (Å²) in [4.78, 5) is 56.6. The van der Waals surface area contributed by atoms with Gasteiger partial charge in [0.25, 0.3) is 5.91 Å². The summed E-state index contributed by atoms with van der Waals surface area (Å²) in [5.41, 5.74) is 24.0. The normalized spacial score (nSPS) is 12.5. The first-order chi connectivity index (χ1) is 23.1. The topological polar surface area (TPSA) is 230 Å². The molecule has 3 atom stereocenters. The zero-order chi connectivity index (χ0) is 34.9. The van der Waals surface area contributed by atoms with Gasteiger partial charge in [0.05, 0.1) is 0 Å². The monoisotopic (exact) mass is 722 g/mol. The van der Waals surface area contributed by atoms with Crippen LogP contribution >= 0.6 is 15.9 Å². The average molecular weight is 724 g/mol. The van der Waals surface area contributed by atoms with Gasteiger partial charge in [-0.15, -0.1) is 0 Å². The number of amides is 4. The Morgan fingerprint density at radius 2 is 1.38 bits per heavy atom. The van der Waals surface area contributed by atoms with Crippen molar-refractivity contribution in [2.45, 2.75) is 56.8 Å². The highest BCUT2D eigenvalue weighted by molar-refractivity contribution is 9.10. The van der Waals surface area contributed by atoms with E-state index in [1.165, 1.54) is 0 Å². The first kappa shape index (κ1) is 37.5. The molecule has 0 saturated heterocycles. The number of rotatable bonds is 19. The molecule has 0 bridgehead atoms. The van der Waals surface area contributed by atoms with Crippen molar-refractivity contribution < 1.29 is 23.9 Å². The van der Waals surface area contributed by atoms with Crippen LogP contribution < -0.4 is 43.6 Å². The molecule has 3 aromatic carbocycles. The van der Waals surface area contributed by atoms with Gasteiger partial charge in [0, 0.05) is 22.1 Å². The smallest absolute Gasteiger partial charge is 0.251 e. The second-order valence-corrected chi connectivity index (χ2v) is 11.8. The number of carbonyl (C=O) groups excluding carboxylic acids is 4. The van der Waals surface area contributed by atoms with E-state index in [9.17, 15) is 19.2 Å². The second kappa shape index (κ2) is 19.7. The fourth-order valence-electron chi connectivity index (χ4n) is 4.73. The van der Waals surface area contributed by atoms with Crippen molar-refractivity contribution in [3.8, 4) is 5.75 Å². The molecular formula is C34H43BrN8O5. The van der Waals surface area contributed by atoms with Gasteiger partial charge in [0.2, 0.25) is 17.7 Å². The largest absolute Gasteiger partial charge is 0.489 e. The molecule has 0 aliphatic heterocycles. The third-order valence-corrected chi connectivity index (χ3v) is 8.09. The van der Waals surface area contributed by atoms with E-state index in [0.29, 0.717) is 49.3 Å². The number of hydrogen-bond donors (Lipinski definition) is 7. The van der Waals surface area contributed by atoms with Crippen LogP contribution in [0.15, 0.2) is 88.3 Å². The summed E-state index contributed by atoms with van der Waals surface area (Å²) in [7, 11) is 0. The van der Waals surface area contributed by atoms with Crippen molar-refractivity contribution in [1.82, 2.24) is 16.0 Å². The standard InChI is InChI=1S/C34H43BrN8O5/c35-26-12-5-4-11-24(26)21-48-25-17-15-22(16-18-25)29(30(37)44)43-33(47)27(13-6-7-19-36)42-32(46)28(14-8-20-40-34(38)39)41-31(45)23-9-2-1-3-10-23/h1-5,9-12,15-18,27-29H,6-8,13-14,19-21,36H2,(H2,37,44)(H,41,45)(H,42,46)(H,43,47)(H4,38,39,40)/t27-,28-,29+/m0/s1. The molecule has 11 N–H and O–H groups in total. The van der Waals surface area contributed by atoms with E-state index in [1.54, 1.807) is 54.6 Å². The van der Waals surface area contributed by atoms with Crippen LogP contribution in [0.25, 0.3) is 0 Å². The first-order valence-electron chi connectivity index (χ1n) is 15.6. The lowest BCUT2D eigenvalue weighted by molar-refractivity contribution is -0.132. The fraction of sp³-hybridized carbons (Fsp3) is 0.324. The lowest BCUT2D eigenvalue weighted by atomic mass is 10.0. The molecule has 0 radical (unpaired) electrons. The Bertz CT molecular complexity index is 1530. The molecule has 3 aromatic rings. The Balaban J connectivity index is 1.73. The zero-order valence-electron chi connectivity index (χ0n) is 26.6. The molecule has 0 fully saturated rings. The van der Waals surface area contributed by atoms with Crippen molar-refractivity contribution in [2.75, 3.05) is 13.1 Å². The molecule has 0 aliphatic carbocycles. The predicted molar refractivity (Wildman–Crippen MR) is 187 cm³/mol. The summed E-state index contributed by atoms with van der Waals surface area (Å²) in [5.74, 6) is -1.98. The van der Waals surface area contributed by atoms with Gasteiger partial charge in [-0.3, -0.25) is 24.2 Å². The maximum atomic E-state index is 13.6. The Morgan fingerprint density at radius 3 is 2.02 bits per heavy atom. The van der Waals surface area contributed by atoms with E-state index in [-0.39, 0.29) is 25.3 Å². The third kappa shape index (κ3) is 12.3. The molecule has 4 amide bonds. The van der Waals surface area contributed by atoms with E-state index < -0.39 is 41.8 Å². The number of hydrogen-bond acceptors (Lipinski definition) is 7. The zero-order valence-corrected chi connectivity index (χ0v) is 28.2. The van der Waals surface area contributed by atoms with Crippen molar-refractivity contribution >= 4 is 45.5 Å². The Morgan fingerprint density at radius 1 is 0.750 bits per heavy atom. The SMILES string of the molecule is NCCCC[C@H](NC(=O)[C@H](CCCN=C(N)N)NC(=O)c1ccccc1)C(=O)N[C@@H](C(N)=O)c1ccc(OCc2ccccc2Br)cc1. The maximum absolute atomic E-state index is 13.6. The van der Waals surface area contributed by atoms with Crippen LogP contribution in [-0.4, -0.2) is 54.8 Å². The van der Waals surface area contributed by atoms with Crippen LogP contribution in [0.3, 0.4) is 0 Å². The van der Waals surface area contributed by atoms with Crippen LogP contribution in [0.5, 0.6) is 5.75 Å². The number of benzene rings is 3. The van der Waals surface area contributed by atoms with Crippen LogP contribution in [-0.2, 0) is 21.0 Å². The summed E-state index contributed by atoms with van der Waals surface area (Å²) in [6.45, 7) is 0.950. The number of carbonyl (C=O) groups is 4. The molecular weight excluding hydrogens is 680 g/mol. The summed E-state index contributed by atoms with van der Waals surface area (Å²) in [5, 5.41) is 8.18. The van der Waals surface area contributed by atoms with Crippen molar-refractivity contribution in [3.63, 3.8) is 0 Å². The Labute approximate surface area is 288 Å². The Hall–Kier alpha value is -4.95. The number of nitrogens with zero attached hydrogens (tertiary/aromatic N) is 1. The third-order valence-electron chi connectivity index (χ3n) is 7.32. The molecule has 0 heterocycles. The van der Waals surface area contributed by atoms with E-state index >= 15 is 0 Å². The molecule has 3 rings (SSSR count). The molecule has 13 nitrogen and oxygen atoms in total. The van der Waals surface area contributed by atoms with E-state index in [4.69, 9.17) is 27.7 Å². The van der Waals surface area contributed by atoms with Gasteiger partial charge in [-0.25, -0.2) is 0 Å². The van der Waals surface area contributed by atoms with E-state index in [0.717, 1.165) is 10.0 Å². The van der Waals surface area contributed by atoms with Crippen molar-refractivity contribution in [3.05, 3.63) is 100 Å². The summed E-state index contributed by atoms with van der Waals surface area (Å²) in [6, 6.07) is 19.5. The summed E-state index contributed by atoms with van der Waals surface area (Å²) < 4.78 is 6.79. The highest BCUT2D eigenvalue weighted by Gasteiger charge is 2.29. The minimum Gasteiger partial charge on any atom is -0.489 e. The van der Waals surface area contributed by atoms with Gasteiger partial charge < -0.3 is 43.6 Å². The molecule has 0 spiro atoms. The number of unbranched alkanes of at least 4 members (excludes halogenated alkanes) is 1. The van der Waals surface area contributed by atoms with Crippen LogP contribution in [0.4, 0.5) is 0 Å². The first-order valence-corrected chi connectivity index (χ1v) is 16.4. The second-order valence-electron chi connectivity index (χ2n) is 11.0. The molecule has 0 saturated carbocycles. The quantitative estimate of drug-likeness (QED) is 0.0549. The van der Waals surface area contributed by atoms with Gasteiger partial charge in [-0.2, -0.15) is 0 Å². The van der Waals surface area contributed by atoms with Gasteiger partial charge in [0.15, 0.2) is 5.96 Å². The molecule has 0 aliphatic rings. The lowest BCUT2D eigenvalue weighted by Gasteiger charge is -2.25. The van der Waals surface area contributed by atoms with Crippen LogP contribution in [0.1, 0.15) is 59.6 Å². The number of aliphatic imine (C=N–C) groups is 1. The fourth-order valence-corrected chi connectivity index (χ4v) is 5.13. The van der Waals surface area contributed by atoms with Crippen LogP contribution in [0, 0.1) is 0 Å². The van der Waals surface area contributed by atoms with Gasteiger partial charge in [-0.1, -0.05) is 64.5 Å². The average Bonchev–Trinajstić information content (AvgIpc) is 3.08. The number of halogens is 1. The molecule has 14 heteroatoms. The highest BCUT2D eigenvalue weighted by atomic mass is 79.9. The van der Waals surface area contributed by atoms with Gasteiger partial charge in [-0.05, 0) is 74.5 Å². The number of nitrogens with two attached hydrogens (primary N) is 4. The maximum Gasteiger partial charge on any atom is 0.251 e. The highest BCUT2D eigenvalue weighted by Crippen LogP contribution is 2.22. The van der Waals surface area contributed by atoms with Crippen molar-refractivity contribution in [2.24, 2.45) is 27.9 Å². The van der Waals surface area contributed by atoms with Gasteiger partial charge in [0.1, 0.15) is 30.5 Å². The molecule has 0 aromatic heterocycles. The number of primary amides is 1. The van der Waals surface area contributed by atoms with E-state index in [2.05, 4.69) is 36.9 Å². The molecule has 256 valence electrons. The minimum atomic E-state index is -1.18. The van der Waals surface area contributed by atoms with Gasteiger partial charge >= 0.3 is 0 Å². The van der Waals surface area contributed by atoms with E-state index in [1.807, 2.05) is 24.3 Å². The number of nitrogens with one attached hydrogen (secondary N) is 3. The number of guanidine groups is 1. The molecule has 0 unspecified atom stereocenters. The van der Waals surface area contributed by atoms with Crippen molar-refractivity contribution in [1.29, 1.82) is 0 Å². The lowest BCUT2D eigenvalue weighted by Crippen LogP contribution is -2.54. The summed E-state index contributed by atoms with van der Waals surface area (Å²) in [6.07, 6.45) is 1.92.